The molecule has 0 radical (unpaired) electrons. The highest BCUT2D eigenvalue weighted by Gasteiger charge is 2.13. The molecule has 1 rings (SSSR count). The average molecular weight is 265 g/mol. The topological polar surface area (TPSA) is 67.6 Å². The van der Waals surface area contributed by atoms with Crippen LogP contribution in [0.2, 0.25) is 0 Å². The molecule has 0 saturated carbocycles. The Morgan fingerprint density at radius 3 is 2.74 bits per heavy atom. The van der Waals surface area contributed by atoms with Crippen molar-refractivity contribution in [2.45, 2.75) is 12.8 Å². The van der Waals surface area contributed by atoms with Crippen molar-refractivity contribution in [3.63, 3.8) is 0 Å². The molecular weight excluding hydrogens is 242 g/mol. The van der Waals surface area contributed by atoms with Crippen molar-refractivity contribution in [3.8, 4) is 5.75 Å². The predicted molar refractivity (Wildman–Crippen MR) is 77.5 cm³/mol. The van der Waals surface area contributed by atoms with Gasteiger partial charge in [0.1, 0.15) is 0 Å². The lowest BCUT2D eigenvalue weighted by atomic mass is 10.1. The third-order valence-electron chi connectivity index (χ3n) is 2.81. The lowest BCUT2D eigenvalue weighted by Gasteiger charge is -2.12. The molecule has 0 aliphatic heterocycles. The highest BCUT2D eigenvalue weighted by atomic mass is 16.5. The van der Waals surface area contributed by atoms with Gasteiger partial charge in [-0.2, -0.15) is 0 Å². The van der Waals surface area contributed by atoms with Crippen LogP contribution in [-0.2, 0) is 0 Å². The molecule has 1 amide bonds. The first-order valence-corrected chi connectivity index (χ1v) is 6.41. The zero-order valence-electron chi connectivity index (χ0n) is 11.9. The molecule has 19 heavy (non-hydrogen) atoms. The van der Waals surface area contributed by atoms with Crippen LogP contribution in [0, 0.1) is 0 Å². The molecule has 0 aliphatic carbocycles. The number of unbranched alkanes of at least 4 members (excludes halogenated alkanes) is 1. The SMILES string of the molecule is COc1c(N)cccc1C(=O)NCCCCN(C)C. The number of rotatable bonds is 7. The van der Waals surface area contributed by atoms with Crippen molar-refractivity contribution in [3.05, 3.63) is 23.8 Å². The fraction of sp³-hybridized carbons (Fsp3) is 0.500. The van der Waals surface area contributed by atoms with E-state index in [2.05, 4.69) is 10.2 Å². The maximum Gasteiger partial charge on any atom is 0.255 e. The second kappa shape index (κ2) is 7.63. The van der Waals surface area contributed by atoms with E-state index in [0.29, 0.717) is 23.5 Å². The van der Waals surface area contributed by atoms with Crippen LogP contribution in [0.15, 0.2) is 18.2 Å². The van der Waals surface area contributed by atoms with Crippen LogP contribution in [0.1, 0.15) is 23.2 Å². The van der Waals surface area contributed by atoms with Crippen molar-refractivity contribution < 1.29 is 9.53 Å². The molecular formula is C14H23N3O2. The van der Waals surface area contributed by atoms with Gasteiger partial charge >= 0.3 is 0 Å². The highest BCUT2D eigenvalue weighted by molar-refractivity contribution is 5.98. The summed E-state index contributed by atoms with van der Waals surface area (Å²) in [7, 11) is 5.59. The van der Waals surface area contributed by atoms with Gasteiger partial charge in [0.25, 0.3) is 5.91 Å². The minimum Gasteiger partial charge on any atom is -0.494 e. The van der Waals surface area contributed by atoms with Gasteiger partial charge in [0.15, 0.2) is 5.75 Å². The largest absolute Gasteiger partial charge is 0.494 e. The van der Waals surface area contributed by atoms with Gasteiger partial charge in [-0.3, -0.25) is 4.79 Å². The number of methoxy groups -OCH3 is 1. The monoisotopic (exact) mass is 265 g/mol. The molecule has 0 heterocycles. The number of benzene rings is 1. The van der Waals surface area contributed by atoms with E-state index in [4.69, 9.17) is 10.5 Å². The Hall–Kier alpha value is -1.75. The summed E-state index contributed by atoms with van der Waals surface area (Å²) in [6.07, 6.45) is 2.01. The summed E-state index contributed by atoms with van der Waals surface area (Å²) in [5.41, 5.74) is 6.73. The van der Waals surface area contributed by atoms with Gasteiger partial charge in [0, 0.05) is 6.54 Å². The van der Waals surface area contributed by atoms with Crippen molar-refractivity contribution in [2.24, 2.45) is 0 Å². The van der Waals surface area contributed by atoms with Gasteiger partial charge in [0.05, 0.1) is 18.4 Å². The summed E-state index contributed by atoms with van der Waals surface area (Å²) in [6.45, 7) is 1.68. The van der Waals surface area contributed by atoms with Gasteiger partial charge in [-0.15, -0.1) is 0 Å². The van der Waals surface area contributed by atoms with Crippen LogP contribution in [0.25, 0.3) is 0 Å². The Bertz CT molecular complexity index is 419. The molecule has 0 atom stereocenters. The van der Waals surface area contributed by atoms with Crippen molar-refractivity contribution in [2.75, 3.05) is 40.0 Å². The minimum atomic E-state index is -0.144. The van der Waals surface area contributed by atoms with Gasteiger partial charge in [-0.05, 0) is 45.6 Å². The molecule has 106 valence electrons. The first-order chi connectivity index (χ1) is 9.06. The number of hydrogen-bond acceptors (Lipinski definition) is 4. The maximum atomic E-state index is 12.0. The molecule has 0 fully saturated rings. The number of carbonyl (C=O) groups is 1. The van der Waals surface area contributed by atoms with E-state index in [0.717, 1.165) is 19.4 Å². The number of anilines is 1. The lowest BCUT2D eigenvalue weighted by molar-refractivity contribution is 0.0950. The van der Waals surface area contributed by atoms with E-state index in [1.54, 1.807) is 18.2 Å². The van der Waals surface area contributed by atoms with E-state index in [1.807, 2.05) is 14.1 Å². The molecule has 5 nitrogen and oxygen atoms in total. The molecule has 0 bridgehead atoms. The Morgan fingerprint density at radius 2 is 2.11 bits per heavy atom. The number of nitrogen functional groups attached to an aromatic ring is 1. The lowest BCUT2D eigenvalue weighted by Crippen LogP contribution is -2.26. The maximum absolute atomic E-state index is 12.0. The number of nitrogens with zero attached hydrogens (tertiary/aromatic N) is 1. The number of amides is 1. The standard InChI is InChI=1S/C14H23N3O2/c1-17(2)10-5-4-9-16-14(18)11-7-6-8-12(15)13(11)19-3/h6-8H,4-5,9-10,15H2,1-3H3,(H,16,18). The number of para-hydroxylation sites is 1. The van der Waals surface area contributed by atoms with Gasteiger partial charge in [-0.1, -0.05) is 6.07 Å². The number of nitrogens with two attached hydrogens (primary N) is 1. The fourth-order valence-electron chi connectivity index (χ4n) is 1.81. The summed E-state index contributed by atoms with van der Waals surface area (Å²) in [5, 5.41) is 2.88. The molecule has 3 N–H and O–H groups in total. The van der Waals surface area contributed by atoms with E-state index >= 15 is 0 Å². The van der Waals surface area contributed by atoms with Crippen LogP contribution < -0.4 is 15.8 Å². The van der Waals surface area contributed by atoms with Crippen molar-refractivity contribution >= 4 is 11.6 Å². The molecule has 1 aromatic carbocycles. The number of nitrogens with one attached hydrogen (secondary N) is 1. The number of carbonyl (C=O) groups excluding carboxylic acids is 1. The molecule has 5 heteroatoms. The van der Waals surface area contributed by atoms with Crippen LogP contribution in [0.4, 0.5) is 5.69 Å². The summed E-state index contributed by atoms with van der Waals surface area (Å²) < 4.78 is 5.16. The van der Waals surface area contributed by atoms with Crippen LogP contribution in [0.3, 0.4) is 0 Å². The quantitative estimate of drug-likeness (QED) is 0.577. The molecule has 0 saturated heterocycles. The van der Waals surface area contributed by atoms with Crippen LogP contribution >= 0.6 is 0 Å². The summed E-state index contributed by atoms with van der Waals surface area (Å²) in [6, 6.07) is 5.18. The van der Waals surface area contributed by atoms with Crippen molar-refractivity contribution in [1.29, 1.82) is 0 Å². The summed E-state index contributed by atoms with van der Waals surface area (Å²) in [4.78, 5) is 14.1. The van der Waals surface area contributed by atoms with Gasteiger partial charge < -0.3 is 20.7 Å². The molecule has 0 spiro atoms. The van der Waals surface area contributed by atoms with E-state index in [1.165, 1.54) is 7.11 Å². The smallest absolute Gasteiger partial charge is 0.255 e. The Morgan fingerprint density at radius 1 is 1.37 bits per heavy atom. The number of ether oxygens (including phenoxy) is 1. The first kappa shape index (κ1) is 15.3. The van der Waals surface area contributed by atoms with Crippen LogP contribution in [0.5, 0.6) is 5.75 Å². The second-order valence-electron chi connectivity index (χ2n) is 4.69. The second-order valence-corrected chi connectivity index (χ2v) is 4.69. The van der Waals surface area contributed by atoms with E-state index in [9.17, 15) is 4.79 Å². The summed E-state index contributed by atoms with van der Waals surface area (Å²) in [5.74, 6) is 0.294. The first-order valence-electron chi connectivity index (χ1n) is 6.41. The summed E-state index contributed by atoms with van der Waals surface area (Å²) >= 11 is 0. The van der Waals surface area contributed by atoms with Crippen molar-refractivity contribution in [1.82, 2.24) is 10.2 Å². The number of hydrogen-bond donors (Lipinski definition) is 2. The fourth-order valence-corrected chi connectivity index (χ4v) is 1.81. The Balaban J connectivity index is 2.48. The highest BCUT2D eigenvalue weighted by Crippen LogP contribution is 2.25. The van der Waals surface area contributed by atoms with E-state index < -0.39 is 0 Å². The average Bonchev–Trinajstić information content (AvgIpc) is 2.37. The Kier molecular flexibility index (Phi) is 6.15. The molecule has 1 aromatic rings. The third kappa shape index (κ3) is 4.79. The van der Waals surface area contributed by atoms with Gasteiger partial charge in [0.2, 0.25) is 0 Å². The molecule has 0 aliphatic rings. The Labute approximate surface area is 114 Å². The van der Waals surface area contributed by atoms with E-state index in [-0.39, 0.29) is 5.91 Å². The molecule has 0 aromatic heterocycles. The van der Waals surface area contributed by atoms with Crippen LogP contribution in [-0.4, -0.2) is 45.1 Å². The zero-order valence-corrected chi connectivity index (χ0v) is 11.9. The minimum absolute atomic E-state index is 0.144. The van der Waals surface area contributed by atoms with Gasteiger partial charge in [-0.25, -0.2) is 0 Å². The normalized spacial score (nSPS) is 10.5. The zero-order chi connectivity index (χ0) is 14.3. The predicted octanol–water partition coefficient (Wildman–Crippen LogP) is 1.35. The third-order valence-corrected chi connectivity index (χ3v) is 2.81. The molecule has 0 unspecified atom stereocenters.